The lowest BCUT2D eigenvalue weighted by atomic mass is 10.1. The topological polar surface area (TPSA) is 63.2 Å². The fraction of sp³-hybridized carbons (Fsp3) is 0.600. The molecule has 2 N–H and O–H groups in total. The molecule has 5 nitrogen and oxygen atoms in total. The standard InChI is InChI=1S/C15H25N3O2/c1-11(2)13-9-12(10-14(16-3)18-13)15(19)17-7-5-6-8-20-4/h9-11H,5-8H2,1-4H3,(H,16,18)(H,17,19). The van der Waals surface area contributed by atoms with E-state index < -0.39 is 0 Å². The predicted octanol–water partition coefficient (Wildman–Crippen LogP) is 2.40. The summed E-state index contributed by atoms with van der Waals surface area (Å²) >= 11 is 0. The number of anilines is 1. The molecule has 5 heteroatoms. The van der Waals surface area contributed by atoms with Crippen LogP contribution in [0.2, 0.25) is 0 Å². The highest BCUT2D eigenvalue weighted by molar-refractivity contribution is 5.95. The first-order chi connectivity index (χ1) is 9.58. The number of pyridine rings is 1. The van der Waals surface area contributed by atoms with Crippen LogP contribution in [-0.4, -0.2) is 38.2 Å². The minimum atomic E-state index is -0.0526. The molecule has 1 aromatic rings. The third-order valence-electron chi connectivity index (χ3n) is 3.02. The van der Waals surface area contributed by atoms with Gasteiger partial charge in [0.05, 0.1) is 0 Å². The first kappa shape index (κ1) is 16.4. The van der Waals surface area contributed by atoms with Gasteiger partial charge in [-0.25, -0.2) is 4.98 Å². The lowest BCUT2D eigenvalue weighted by Crippen LogP contribution is -2.25. The molecule has 0 atom stereocenters. The molecule has 20 heavy (non-hydrogen) atoms. The Morgan fingerprint density at radius 2 is 2.10 bits per heavy atom. The fourth-order valence-electron chi connectivity index (χ4n) is 1.78. The first-order valence-electron chi connectivity index (χ1n) is 7.05. The summed E-state index contributed by atoms with van der Waals surface area (Å²) in [5.41, 5.74) is 1.57. The van der Waals surface area contributed by atoms with E-state index in [0.29, 0.717) is 12.1 Å². The van der Waals surface area contributed by atoms with E-state index in [1.165, 1.54) is 0 Å². The highest BCUT2D eigenvalue weighted by Crippen LogP contribution is 2.17. The maximum atomic E-state index is 12.1. The monoisotopic (exact) mass is 279 g/mol. The normalized spacial score (nSPS) is 10.7. The molecular weight excluding hydrogens is 254 g/mol. The number of hydrogen-bond acceptors (Lipinski definition) is 4. The van der Waals surface area contributed by atoms with Crippen LogP contribution < -0.4 is 10.6 Å². The van der Waals surface area contributed by atoms with Gasteiger partial charge in [-0.2, -0.15) is 0 Å². The van der Waals surface area contributed by atoms with E-state index in [4.69, 9.17) is 4.74 Å². The zero-order chi connectivity index (χ0) is 15.0. The molecule has 0 saturated carbocycles. The quantitative estimate of drug-likeness (QED) is 0.717. The minimum Gasteiger partial charge on any atom is -0.385 e. The summed E-state index contributed by atoms with van der Waals surface area (Å²) in [4.78, 5) is 16.6. The number of rotatable bonds is 8. The van der Waals surface area contributed by atoms with Crippen LogP contribution in [0.4, 0.5) is 5.82 Å². The summed E-state index contributed by atoms with van der Waals surface area (Å²) in [6.07, 6.45) is 1.87. The zero-order valence-corrected chi connectivity index (χ0v) is 12.8. The molecule has 0 bridgehead atoms. The number of methoxy groups -OCH3 is 1. The van der Waals surface area contributed by atoms with Crippen molar-refractivity contribution in [3.63, 3.8) is 0 Å². The van der Waals surface area contributed by atoms with Crippen molar-refractivity contribution in [3.8, 4) is 0 Å². The molecule has 0 unspecified atom stereocenters. The van der Waals surface area contributed by atoms with Crippen LogP contribution >= 0.6 is 0 Å². The number of carbonyl (C=O) groups excluding carboxylic acids is 1. The molecule has 1 amide bonds. The van der Waals surface area contributed by atoms with Crippen LogP contribution in [0.15, 0.2) is 12.1 Å². The highest BCUT2D eigenvalue weighted by Gasteiger charge is 2.11. The van der Waals surface area contributed by atoms with Crippen molar-refractivity contribution in [2.45, 2.75) is 32.6 Å². The maximum Gasteiger partial charge on any atom is 0.251 e. The van der Waals surface area contributed by atoms with Gasteiger partial charge in [-0.15, -0.1) is 0 Å². The van der Waals surface area contributed by atoms with Gasteiger partial charge in [0.2, 0.25) is 0 Å². The summed E-state index contributed by atoms with van der Waals surface area (Å²) in [5.74, 6) is 0.959. The van der Waals surface area contributed by atoms with Crippen LogP contribution in [0.5, 0.6) is 0 Å². The second-order valence-corrected chi connectivity index (χ2v) is 5.03. The van der Waals surface area contributed by atoms with Crippen molar-refractivity contribution in [1.82, 2.24) is 10.3 Å². The molecule has 112 valence electrons. The Balaban J connectivity index is 2.64. The Hall–Kier alpha value is -1.62. The summed E-state index contributed by atoms with van der Waals surface area (Å²) < 4.78 is 4.98. The van der Waals surface area contributed by atoms with Gasteiger partial charge in [0.25, 0.3) is 5.91 Å². The smallest absolute Gasteiger partial charge is 0.251 e. The summed E-state index contributed by atoms with van der Waals surface area (Å²) in [7, 11) is 3.49. The Bertz CT molecular complexity index is 433. The van der Waals surface area contributed by atoms with Gasteiger partial charge in [0.1, 0.15) is 5.82 Å². The van der Waals surface area contributed by atoms with Crippen molar-refractivity contribution in [2.75, 3.05) is 32.6 Å². The van der Waals surface area contributed by atoms with E-state index in [0.717, 1.165) is 31.0 Å². The van der Waals surface area contributed by atoms with Gasteiger partial charge in [0.15, 0.2) is 0 Å². The lowest BCUT2D eigenvalue weighted by Gasteiger charge is -2.11. The largest absolute Gasteiger partial charge is 0.385 e. The first-order valence-corrected chi connectivity index (χ1v) is 7.05. The number of amides is 1. The van der Waals surface area contributed by atoms with Crippen molar-refractivity contribution < 1.29 is 9.53 Å². The van der Waals surface area contributed by atoms with Gasteiger partial charge in [-0.05, 0) is 30.9 Å². The van der Waals surface area contributed by atoms with Gasteiger partial charge < -0.3 is 15.4 Å². The van der Waals surface area contributed by atoms with Gasteiger partial charge in [-0.3, -0.25) is 4.79 Å². The number of hydrogen-bond donors (Lipinski definition) is 2. The second-order valence-electron chi connectivity index (χ2n) is 5.03. The molecule has 1 aromatic heterocycles. The molecule has 0 aliphatic carbocycles. The third-order valence-corrected chi connectivity index (χ3v) is 3.02. The Labute approximate surface area is 121 Å². The number of ether oxygens (including phenoxy) is 1. The summed E-state index contributed by atoms with van der Waals surface area (Å²) in [5, 5.41) is 5.92. The van der Waals surface area contributed by atoms with Crippen LogP contribution in [-0.2, 0) is 4.74 Å². The molecule has 0 aromatic carbocycles. The number of nitrogens with zero attached hydrogens (tertiary/aromatic N) is 1. The zero-order valence-electron chi connectivity index (χ0n) is 12.8. The highest BCUT2D eigenvalue weighted by atomic mass is 16.5. The Kier molecular flexibility index (Phi) is 7.01. The van der Waals surface area contributed by atoms with E-state index in [9.17, 15) is 4.79 Å². The number of unbranched alkanes of at least 4 members (excludes halogenated alkanes) is 1. The second kappa shape index (κ2) is 8.53. The van der Waals surface area contributed by atoms with Crippen molar-refractivity contribution in [1.29, 1.82) is 0 Å². The molecule has 0 spiro atoms. The van der Waals surface area contributed by atoms with Crippen molar-refractivity contribution >= 4 is 11.7 Å². The average molecular weight is 279 g/mol. The van der Waals surface area contributed by atoms with Crippen molar-refractivity contribution in [3.05, 3.63) is 23.4 Å². The van der Waals surface area contributed by atoms with Crippen LogP contribution in [0.3, 0.4) is 0 Å². The van der Waals surface area contributed by atoms with Crippen molar-refractivity contribution in [2.24, 2.45) is 0 Å². The van der Waals surface area contributed by atoms with E-state index in [1.54, 1.807) is 20.2 Å². The van der Waals surface area contributed by atoms with Crippen LogP contribution in [0.25, 0.3) is 0 Å². The lowest BCUT2D eigenvalue weighted by molar-refractivity contribution is 0.0951. The molecule has 1 heterocycles. The molecule has 0 saturated heterocycles. The van der Waals surface area contributed by atoms with Gasteiger partial charge in [-0.1, -0.05) is 13.8 Å². The van der Waals surface area contributed by atoms with E-state index in [1.807, 2.05) is 6.07 Å². The number of nitrogens with one attached hydrogen (secondary N) is 2. The molecule has 1 rings (SSSR count). The third kappa shape index (κ3) is 5.17. The molecule has 0 fully saturated rings. The fourth-order valence-corrected chi connectivity index (χ4v) is 1.78. The number of carbonyl (C=O) groups is 1. The van der Waals surface area contributed by atoms with E-state index in [2.05, 4.69) is 29.5 Å². The molecule has 0 aliphatic rings. The summed E-state index contributed by atoms with van der Waals surface area (Å²) in [6.45, 7) is 5.52. The SMILES string of the molecule is CNc1cc(C(=O)NCCCCOC)cc(C(C)C)n1. The Morgan fingerprint density at radius 1 is 1.35 bits per heavy atom. The van der Waals surface area contributed by atoms with Crippen LogP contribution in [0, 0.1) is 0 Å². The van der Waals surface area contributed by atoms with E-state index in [-0.39, 0.29) is 11.8 Å². The molecular formula is C15H25N3O2. The van der Waals surface area contributed by atoms with Gasteiger partial charge >= 0.3 is 0 Å². The van der Waals surface area contributed by atoms with Gasteiger partial charge in [0, 0.05) is 38.6 Å². The predicted molar refractivity (Wildman–Crippen MR) is 81.3 cm³/mol. The molecule has 0 aliphatic heterocycles. The molecule has 0 radical (unpaired) electrons. The average Bonchev–Trinajstić information content (AvgIpc) is 2.46. The number of aromatic nitrogens is 1. The summed E-state index contributed by atoms with van der Waals surface area (Å²) in [6, 6.07) is 3.63. The maximum absolute atomic E-state index is 12.1. The van der Waals surface area contributed by atoms with Crippen LogP contribution in [0.1, 0.15) is 48.7 Å². The van der Waals surface area contributed by atoms with E-state index >= 15 is 0 Å². The minimum absolute atomic E-state index is 0.0526. The Morgan fingerprint density at radius 3 is 2.70 bits per heavy atom.